The molecule has 18 heavy (non-hydrogen) atoms. The van der Waals surface area contributed by atoms with Gasteiger partial charge in [0.1, 0.15) is 19.0 Å². The fourth-order valence-electron chi connectivity index (χ4n) is 1.64. The normalized spacial score (nSPS) is 10.4. The van der Waals surface area contributed by atoms with Gasteiger partial charge in [-0.1, -0.05) is 30.3 Å². The Morgan fingerprint density at radius 2 is 1.83 bits per heavy atom. The van der Waals surface area contributed by atoms with Crippen LogP contribution in [0, 0.1) is 0 Å². The van der Waals surface area contributed by atoms with Crippen molar-refractivity contribution in [1.82, 2.24) is 0 Å². The van der Waals surface area contributed by atoms with Crippen molar-refractivity contribution in [3.8, 4) is 5.75 Å². The number of carboxylic acids is 1. The molecule has 0 amide bonds. The largest absolute Gasteiger partial charge is 0.491 e. The predicted octanol–water partition coefficient (Wildman–Crippen LogP) is 2.32. The summed E-state index contributed by atoms with van der Waals surface area (Å²) in [7, 11) is 0. The van der Waals surface area contributed by atoms with Crippen LogP contribution in [0.1, 0.15) is 0 Å². The van der Waals surface area contributed by atoms with Crippen LogP contribution in [0.4, 0.5) is 0 Å². The van der Waals surface area contributed by atoms with Crippen molar-refractivity contribution >= 4 is 16.7 Å². The summed E-state index contributed by atoms with van der Waals surface area (Å²) in [6, 6.07) is 13.8. The fourth-order valence-corrected chi connectivity index (χ4v) is 1.64. The van der Waals surface area contributed by atoms with Gasteiger partial charge in [0.05, 0.1) is 6.61 Å². The molecular weight excluding hydrogens is 232 g/mol. The minimum absolute atomic E-state index is 0.263. The average Bonchev–Trinajstić information content (AvgIpc) is 2.38. The molecule has 0 aliphatic heterocycles. The molecule has 0 radical (unpaired) electrons. The van der Waals surface area contributed by atoms with Gasteiger partial charge in [0.15, 0.2) is 0 Å². The molecule has 0 aromatic heterocycles. The number of carboxylic acid groups (broad SMARTS) is 1. The first-order valence-electron chi connectivity index (χ1n) is 5.67. The quantitative estimate of drug-likeness (QED) is 0.795. The molecular formula is C14H14O4. The molecule has 0 saturated heterocycles. The van der Waals surface area contributed by atoms with Crippen LogP contribution in [0.2, 0.25) is 0 Å². The van der Waals surface area contributed by atoms with Gasteiger partial charge in [-0.25, -0.2) is 4.79 Å². The molecule has 0 fully saturated rings. The Morgan fingerprint density at radius 1 is 1.06 bits per heavy atom. The highest BCUT2D eigenvalue weighted by Crippen LogP contribution is 2.20. The first-order valence-corrected chi connectivity index (χ1v) is 5.67. The molecule has 0 aliphatic carbocycles. The molecule has 94 valence electrons. The summed E-state index contributed by atoms with van der Waals surface area (Å²) in [5.74, 6) is -0.215. The zero-order valence-electron chi connectivity index (χ0n) is 9.83. The third kappa shape index (κ3) is 3.46. The molecule has 1 N–H and O–H groups in total. The Labute approximate surface area is 105 Å². The molecule has 0 unspecified atom stereocenters. The summed E-state index contributed by atoms with van der Waals surface area (Å²) in [4.78, 5) is 10.2. The number of rotatable bonds is 6. The van der Waals surface area contributed by atoms with Crippen molar-refractivity contribution in [2.24, 2.45) is 0 Å². The highest BCUT2D eigenvalue weighted by atomic mass is 16.5. The van der Waals surface area contributed by atoms with Gasteiger partial charge in [0.25, 0.3) is 0 Å². The SMILES string of the molecule is O=C(O)COCCOc1ccc2ccccc2c1. The van der Waals surface area contributed by atoms with E-state index >= 15 is 0 Å². The molecule has 2 aromatic carbocycles. The van der Waals surface area contributed by atoms with E-state index in [4.69, 9.17) is 14.6 Å². The minimum Gasteiger partial charge on any atom is -0.491 e. The molecule has 4 heteroatoms. The van der Waals surface area contributed by atoms with Gasteiger partial charge in [-0.05, 0) is 22.9 Å². The summed E-state index contributed by atoms with van der Waals surface area (Å²) in [6.07, 6.45) is 0. The van der Waals surface area contributed by atoms with Crippen molar-refractivity contribution < 1.29 is 19.4 Å². The van der Waals surface area contributed by atoms with Gasteiger partial charge in [-0.15, -0.1) is 0 Å². The highest BCUT2D eigenvalue weighted by Gasteiger charge is 1.98. The maximum Gasteiger partial charge on any atom is 0.329 e. The molecule has 4 nitrogen and oxygen atoms in total. The minimum atomic E-state index is -0.972. The van der Waals surface area contributed by atoms with Crippen LogP contribution in [-0.2, 0) is 9.53 Å². The van der Waals surface area contributed by atoms with E-state index in [1.165, 1.54) is 0 Å². The van der Waals surface area contributed by atoms with Gasteiger partial charge in [0, 0.05) is 0 Å². The number of benzene rings is 2. The molecule has 0 bridgehead atoms. The van der Waals surface area contributed by atoms with Crippen LogP contribution in [0.3, 0.4) is 0 Å². The molecule has 0 spiro atoms. The topological polar surface area (TPSA) is 55.8 Å². The first-order chi connectivity index (χ1) is 8.75. The number of hydrogen-bond donors (Lipinski definition) is 1. The Bertz CT molecular complexity index is 536. The number of fused-ring (bicyclic) bond motifs is 1. The Hall–Kier alpha value is -2.07. The Morgan fingerprint density at radius 3 is 2.61 bits per heavy atom. The zero-order valence-corrected chi connectivity index (χ0v) is 9.83. The maximum atomic E-state index is 10.2. The summed E-state index contributed by atoms with van der Waals surface area (Å²) in [5, 5.41) is 10.7. The average molecular weight is 246 g/mol. The van der Waals surface area contributed by atoms with Crippen LogP contribution in [-0.4, -0.2) is 30.9 Å². The second kappa shape index (κ2) is 6.02. The lowest BCUT2D eigenvalue weighted by molar-refractivity contribution is -0.142. The first kappa shape index (κ1) is 12.4. The van der Waals surface area contributed by atoms with Crippen molar-refractivity contribution in [3.63, 3.8) is 0 Å². The molecule has 2 aromatic rings. The van der Waals surface area contributed by atoms with E-state index in [0.717, 1.165) is 16.5 Å². The molecule has 0 heterocycles. The van der Waals surface area contributed by atoms with Crippen molar-refractivity contribution in [1.29, 1.82) is 0 Å². The molecule has 0 atom stereocenters. The van der Waals surface area contributed by atoms with E-state index < -0.39 is 5.97 Å². The molecule has 2 rings (SSSR count). The molecule has 0 saturated carbocycles. The highest BCUT2D eigenvalue weighted by molar-refractivity contribution is 5.83. The number of carbonyl (C=O) groups is 1. The molecule has 0 aliphatic rings. The van der Waals surface area contributed by atoms with E-state index in [9.17, 15) is 4.79 Å². The van der Waals surface area contributed by atoms with E-state index in [1.807, 2.05) is 42.5 Å². The lowest BCUT2D eigenvalue weighted by atomic mass is 10.1. The van der Waals surface area contributed by atoms with Gasteiger partial charge in [0.2, 0.25) is 0 Å². The third-order valence-corrected chi connectivity index (χ3v) is 2.44. The Balaban J connectivity index is 1.86. The zero-order chi connectivity index (χ0) is 12.8. The van der Waals surface area contributed by atoms with Gasteiger partial charge in [-0.3, -0.25) is 0 Å². The standard InChI is InChI=1S/C14H14O4/c15-14(16)10-17-7-8-18-13-6-5-11-3-1-2-4-12(11)9-13/h1-6,9H,7-8,10H2,(H,15,16). The van der Waals surface area contributed by atoms with Crippen molar-refractivity contribution in [2.75, 3.05) is 19.8 Å². The predicted molar refractivity (Wildman–Crippen MR) is 67.9 cm³/mol. The van der Waals surface area contributed by atoms with E-state index in [2.05, 4.69) is 0 Å². The summed E-state index contributed by atoms with van der Waals surface area (Å²) in [5.41, 5.74) is 0. The van der Waals surface area contributed by atoms with Crippen LogP contribution in [0.15, 0.2) is 42.5 Å². The van der Waals surface area contributed by atoms with Gasteiger partial charge >= 0.3 is 5.97 Å². The summed E-state index contributed by atoms with van der Waals surface area (Å²) >= 11 is 0. The second-order valence-electron chi connectivity index (χ2n) is 3.80. The van der Waals surface area contributed by atoms with Crippen LogP contribution in [0.5, 0.6) is 5.75 Å². The van der Waals surface area contributed by atoms with Crippen LogP contribution < -0.4 is 4.74 Å². The van der Waals surface area contributed by atoms with Gasteiger partial charge < -0.3 is 14.6 Å². The summed E-state index contributed by atoms with van der Waals surface area (Å²) < 4.78 is 10.4. The third-order valence-electron chi connectivity index (χ3n) is 2.44. The number of ether oxygens (including phenoxy) is 2. The van der Waals surface area contributed by atoms with E-state index in [0.29, 0.717) is 6.61 Å². The summed E-state index contributed by atoms with van der Waals surface area (Å²) in [6.45, 7) is 0.311. The second-order valence-corrected chi connectivity index (χ2v) is 3.80. The Kier molecular flexibility index (Phi) is 4.15. The lowest BCUT2D eigenvalue weighted by Gasteiger charge is -2.07. The number of hydrogen-bond acceptors (Lipinski definition) is 3. The monoisotopic (exact) mass is 246 g/mol. The van der Waals surface area contributed by atoms with Crippen LogP contribution in [0.25, 0.3) is 10.8 Å². The van der Waals surface area contributed by atoms with Crippen LogP contribution >= 0.6 is 0 Å². The lowest BCUT2D eigenvalue weighted by Crippen LogP contribution is -2.12. The smallest absolute Gasteiger partial charge is 0.329 e. The maximum absolute atomic E-state index is 10.2. The van der Waals surface area contributed by atoms with E-state index in [-0.39, 0.29) is 13.2 Å². The van der Waals surface area contributed by atoms with Crippen molar-refractivity contribution in [3.05, 3.63) is 42.5 Å². The van der Waals surface area contributed by atoms with Crippen molar-refractivity contribution in [2.45, 2.75) is 0 Å². The number of aliphatic carboxylic acids is 1. The fraction of sp³-hybridized carbons (Fsp3) is 0.214. The van der Waals surface area contributed by atoms with E-state index in [1.54, 1.807) is 0 Å². The van der Waals surface area contributed by atoms with Gasteiger partial charge in [-0.2, -0.15) is 0 Å².